The molecule has 0 radical (unpaired) electrons. The van der Waals surface area contributed by atoms with Gasteiger partial charge in [-0.1, -0.05) is 6.07 Å². The average Bonchev–Trinajstić information content (AvgIpc) is 3.59. The highest BCUT2D eigenvalue weighted by atomic mass is 16.3. The molecular weight excluding hydrogens is 508 g/mol. The molecule has 0 unspecified atom stereocenters. The van der Waals surface area contributed by atoms with Crippen molar-refractivity contribution in [2.75, 3.05) is 25.1 Å². The number of oxazole rings is 1. The normalized spacial score (nSPS) is 16.7. The number of H-pyrrole nitrogens is 1. The third-order valence-electron chi connectivity index (χ3n) is 7.24. The van der Waals surface area contributed by atoms with E-state index >= 15 is 0 Å². The minimum atomic E-state index is -0.454. The number of carbonyl (C=O) groups is 1. The van der Waals surface area contributed by atoms with Gasteiger partial charge in [0.2, 0.25) is 5.89 Å². The molecule has 40 heavy (non-hydrogen) atoms. The van der Waals surface area contributed by atoms with Crippen LogP contribution in [0.25, 0.3) is 28.5 Å². The van der Waals surface area contributed by atoms with Crippen LogP contribution in [-0.2, 0) is 6.54 Å². The van der Waals surface area contributed by atoms with E-state index in [0.717, 1.165) is 41.3 Å². The van der Waals surface area contributed by atoms with Crippen LogP contribution in [0.1, 0.15) is 34.7 Å². The molecule has 204 valence electrons. The Hall–Kier alpha value is -4.84. The number of nitrogens with one attached hydrogen (secondary N) is 3. The SMILES string of the molecule is Cc1c[nH]c2ccc(-c3nc(C(=O)NCc4cccc(NC5CC(N(C)C)C5)n4)c(N)nc3-c3ncco3)c[n+]12. The predicted octanol–water partition coefficient (Wildman–Crippen LogP) is 2.59. The van der Waals surface area contributed by atoms with Crippen molar-refractivity contribution in [3.63, 3.8) is 0 Å². The summed E-state index contributed by atoms with van der Waals surface area (Å²) in [5.41, 5.74) is 10.4. The Morgan fingerprint density at radius 2 is 2.02 bits per heavy atom. The molecule has 0 atom stereocenters. The molecule has 1 fully saturated rings. The summed E-state index contributed by atoms with van der Waals surface area (Å²) in [6.45, 7) is 2.20. The average molecular weight is 540 g/mol. The number of amides is 1. The summed E-state index contributed by atoms with van der Waals surface area (Å²) in [7, 11) is 4.20. The smallest absolute Gasteiger partial charge is 0.284 e. The number of carbonyl (C=O) groups excluding carboxylic acids is 1. The quantitative estimate of drug-likeness (QED) is 0.218. The van der Waals surface area contributed by atoms with E-state index in [1.165, 1.54) is 12.5 Å². The molecule has 0 spiro atoms. The molecule has 1 saturated carbocycles. The van der Waals surface area contributed by atoms with Crippen LogP contribution in [0.4, 0.5) is 11.6 Å². The number of nitrogens with two attached hydrogens (primary N) is 1. The summed E-state index contributed by atoms with van der Waals surface area (Å²) in [4.78, 5) is 36.8. The first kappa shape index (κ1) is 25.4. The van der Waals surface area contributed by atoms with E-state index < -0.39 is 5.91 Å². The fourth-order valence-corrected chi connectivity index (χ4v) is 4.85. The van der Waals surface area contributed by atoms with Gasteiger partial charge in [-0.2, -0.15) is 4.40 Å². The molecule has 1 aliphatic rings. The lowest BCUT2D eigenvalue weighted by molar-refractivity contribution is -0.517. The lowest BCUT2D eigenvalue weighted by Crippen LogP contribution is -2.47. The van der Waals surface area contributed by atoms with E-state index in [0.29, 0.717) is 23.5 Å². The van der Waals surface area contributed by atoms with Crippen molar-refractivity contribution in [3.05, 3.63) is 72.3 Å². The van der Waals surface area contributed by atoms with Gasteiger partial charge in [-0.15, -0.1) is 0 Å². The molecule has 5 aromatic rings. The number of hydrogen-bond acceptors (Lipinski definition) is 9. The minimum absolute atomic E-state index is 0.0136. The van der Waals surface area contributed by atoms with Gasteiger partial charge in [0.05, 0.1) is 18.4 Å². The van der Waals surface area contributed by atoms with Gasteiger partial charge >= 0.3 is 0 Å². The van der Waals surface area contributed by atoms with E-state index in [4.69, 9.17) is 10.2 Å². The molecular formula is C28H31N10O2+. The maximum Gasteiger partial charge on any atom is 0.284 e. The topological polar surface area (TPSA) is 155 Å². The summed E-state index contributed by atoms with van der Waals surface area (Å²) in [6, 6.07) is 10.5. The van der Waals surface area contributed by atoms with Crippen molar-refractivity contribution in [1.29, 1.82) is 0 Å². The van der Waals surface area contributed by atoms with Crippen molar-refractivity contribution >= 4 is 23.2 Å². The molecule has 12 nitrogen and oxygen atoms in total. The first-order chi connectivity index (χ1) is 19.4. The maximum atomic E-state index is 13.3. The van der Waals surface area contributed by atoms with Gasteiger partial charge in [0, 0.05) is 30.6 Å². The highest BCUT2D eigenvalue weighted by Gasteiger charge is 2.30. The summed E-state index contributed by atoms with van der Waals surface area (Å²) in [5.74, 6) is 0.572. The number of pyridine rings is 2. The molecule has 6 rings (SSSR count). The van der Waals surface area contributed by atoms with Crippen molar-refractivity contribution in [1.82, 2.24) is 35.1 Å². The monoisotopic (exact) mass is 539 g/mol. The number of imidazole rings is 1. The van der Waals surface area contributed by atoms with Crippen LogP contribution in [0.2, 0.25) is 0 Å². The molecule has 5 heterocycles. The van der Waals surface area contributed by atoms with Crippen molar-refractivity contribution < 1.29 is 13.6 Å². The van der Waals surface area contributed by atoms with Gasteiger partial charge in [0.1, 0.15) is 35.9 Å². The number of nitrogens with zero attached hydrogens (tertiary/aromatic N) is 6. The molecule has 0 bridgehead atoms. The van der Waals surface area contributed by atoms with Gasteiger partial charge in [0.15, 0.2) is 17.2 Å². The fourth-order valence-electron chi connectivity index (χ4n) is 4.85. The van der Waals surface area contributed by atoms with E-state index in [1.54, 1.807) is 0 Å². The van der Waals surface area contributed by atoms with E-state index in [1.807, 2.05) is 54.0 Å². The number of rotatable bonds is 8. The Morgan fingerprint density at radius 3 is 2.80 bits per heavy atom. The maximum absolute atomic E-state index is 13.3. The number of aromatic nitrogens is 6. The van der Waals surface area contributed by atoms with E-state index in [2.05, 4.69) is 54.5 Å². The standard InChI is InChI=1S/C28H30N10O2/c1-16-13-31-22-8-7-17(15-38(16)22)23-24(28-30-9-10-40-28)36-26(29)25(35-23)27(39)32-14-18-5-4-6-21(33-18)34-19-11-20(12-19)37(2)3/h4-10,13,15,19-20H,11-12,14H2,1-3H3,(H4,29,32,33,34,36,39)/p+1. The number of aromatic amines is 1. The second-order valence-corrected chi connectivity index (χ2v) is 10.2. The third-order valence-corrected chi connectivity index (χ3v) is 7.24. The Morgan fingerprint density at radius 1 is 1.18 bits per heavy atom. The van der Waals surface area contributed by atoms with Crippen molar-refractivity contribution in [2.24, 2.45) is 0 Å². The zero-order chi connectivity index (χ0) is 27.8. The molecule has 0 aliphatic heterocycles. The van der Waals surface area contributed by atoms with Crippen LogP contribution in [0, 0.1) is 6.92 Å². The molecule has 12 heteroatoms. The highest BCUT2D eigenvalue weighted by molar-refractivity contribution is 5.97. The summed E-state index contributed by atoms with van der Waals surface area (Å²) < 4.78 is 7.50. The molecule has 0 saturated heterocycles. The van der Waals surface area contributed by atoms with Gasteiger partial charge in [-0.3, -0.25) is 4.79 Å². The fraction of sp³-hybridized carbons (Fsp3) is 0.286. The minimum Gasteiger partial charge on any atom is -0.443 e. The van der Waals surface area contributed by atoms with Crippen molar-refractivity contribution in [2.45, 2.75) is 38.4 Å². The first-order valence-electron chi connectivity index (χ1n) is 13.1. The lowest BCUT2D eigenvalue weighted by atomic mass is 9.86. The van der Waals surface area contributed by atoms with Gasteiger partial charge in [-0.25, -0.2) is 24.9 Å². The Labute approximate surface area is 230 Å². The first-order valence-corrected chi connectivity index (χ1v) is 13.1. The van der Waals surface area contributed by atoms with Crippen LogP contribution >= 0.6 is 0 Å². The zero-order valence-electron chi connectivity index (χ0n) is 22.5. The number of aryl methyl sites for hydroxylation is 1. The van der Waals surface area contributed by atoms with Gasteiger partial charge in [-0.05, 0) is 45.1 Å². The number of hydrogen-bond donors (Lipinski definition) is 4. The summed E-state index contributed by atoms with van der Waals surface area (Å²) >= 11 is 0. The summed E-state index contributed by atoms with van der Waals surface area (Å²) in [6.07, 6.45) is 8.96. The third kappa shape index (κ3) is 4.96. The number of anilines is 2. The Kier molecular flexibility index (Phi) is 6.60. The molecule has 5 N–H and O–H groups in total. The van der Waals surface area contributed by atoms with Gasteiger partial charge in [0.25, 0.3) is 11.6 Å². The lowest BCUT2D eigenvalue weighted by Gasteiger charge is -2.40. The van der Waals surface area contributed by atoms with Crippen LogP contribution in [0.5, 0.6) is 0 Å². The highest BCUT2D eigenvalue weighted by Crippen LogP contribution is 2.30. The second kappa shape index (κ2) is 10.4. The predicted molar refractivity (Wildman–Crippen MR) is 149 cm³/mol. The van der Waals surface area contributed by atoms with E-state index in [9.17, 15) is 4.79 Å². The van der Waals surface area contributed by atoms with Crippen molar-refractivity contribution in [3.8, 4) is 22.8 Å². The Balaban J connectivity index is 1.23. The largest absolute Gasteiger partial charge is 0.443 e. The van der Waals surface area contributed by atoms with Crippen LogP contribution < -0.4 is 20.8 Å². The van der Waals surface area contributed by atoms with Crippen LogP contribution in [0.3, 0.4) is 0 Å². The molecule has 1 aliphatic carbocycles. The van der Waals surface area contributed by atoms with E-state index in [-0.39, 0.29) is 23.9 Å². The summed E-state index contributed by atoms with van der Waals surface area (Å²) in [5, 5.41) is 6.37. The van der Waals surface area contributed by atoms with Gasteiger partial charge < -0.3 is 25.7 Å². The number of nitrogen functional groups attached to an aromatic ring is 1. The van der Waals surface area contributed by atoms with Crippen LogP contribution in [0.15, 0.2) is 59.6 Å². The van der Waals surface area contributed by atoms with Crippen LogP contribution in [-0.4, -0.2) is 61.9 Å². The number of fused-ring (bicyclic) bond motifs is 1. The zero-order valence-corrected chi connectivity index (χ0v) is 22.5. The molecule has 5 aromatic heterocycles. The molecule has 0 aromatic carbocycles. The Bertz CT molecular complexity index is 1670. The second-order valence-electron chi connectivity index (χ2n) is 10.2. The molecule has 1 amide bonds.